The first kappa shape index (κ1) is 11.8. The molecule has 18 heavy (non-hydrogen) atoms. The first-order chi connectivity index (χ1) is 8.79. The average molecular weight is 274 g/mol. The highest BCUT2D eigenvalue weighted by atomic mass is 32.1. The van der Waals surface area contributed by atoms with Gasteiger partial charge in [-0.1, -0.05) is 0 Å². The smallest absolute Gasteiger partial charge is 0.0687 e. The van der Waals surface area contributed by atoms with Gasteiger partial charge >= 0.3 is 0 Å². The molecule has 3 rings (SSSR count). The summed E-state index contributed by atoms with van der Waals surface area (Å²) in [7, 11) is 2.00. The highest BCUT2D eigenvalue weighted by molar-refractivity contribution is 7.27. The van der Waals surface area contributed by atoms with Crippen LogP contribution in [-0.4, -0.2) is 12.0 Å². The number of rotatable bonds is 3. The van der Waals surface area contributed by atoms with Gasteiger partial charge in [0, 0.05) is 26.7 Å². The summed E-state index contributed by atoms with van der Waals surface area (Å²) in [6.07, 6.45) is 3.81. The molecule has 1 atom stereocenters. The molecule has 0 bridgehead atoms. The maximum absolute atomic E-state index is 4.25. The van der Waals surface area contributed by atoms with Crippen LogP contribution in [0.3, 0.4) is 0 Å². The molecule has 3 aromatic rings. The Balaban J connectivity index is 2.07. The van der Waals surface area contributed by atoms with Crippen molar-refractivity contribution < 1.29 is 0 Å². The Morgan fingerprint density at radius 2 is 2.17 bits per heavy atom. The van der Waals surface area contributed by atoms with E-state index in [-0.39, 0.29) is 6.04 Å². The Morgan fingerprint density at radius 3 is 2.89 bits per heavy atom. The molecular weight excluding hydrogens is 260 g/mol. The molecule has 0 radical (unpaired) electrons. The minimum atomic E-state index is 0.239. The van der Waals surface area contributed by atoms with E-state index in [0.717, 1.165) is 0 Å². The molecule has 0 amide bonds. The quantitative estimate of drug-likeness (QED) is 0.781. The molecule has 92 valence electrons. The molecule has 0 saturated carbocycles. The molecule has 1 unspecified atom stereocenters. The lowest BCUT2D eigenvalue weighted by Crippen LogP contribution is -2.17. The predicted molar refractivity (Wildman–Crippen MR) is 79.6 cm³/mol. The SMILES string of the molecule is CNC(c1cc2sccc2s1)c1cnccc1C. The van der Waals surface area contributed by atoms with Gasteiger partial charge in [0.25, 0.3) is 0 Å². The molecule has 0 saturated heterocycles. The number of hydrogen-bond acceptors (Lipinski definition) is 4. The first-order valence-corrected chi connectivity index (χ1v) is 7.54. The molecular formula is C14H14N2S2. The number of pyridine rings is 1. The van der Waals surface area contributed by atoms with Crippen molar-refractivity contribution in [1.29, 1.82) is 0 Å². The summed E-state index contributed by atoms with van der Waals surface area (Å²) in [5.74, 6) is 0. The van der Waals surface area contributed by atoms with E-state index in [1.54, 1.807) is 11.3 Å². The van der Waals surface area contributed by atoms with E-state index in [1.807, 2.05) is 30.8 Å². The molecule has 2 nitrogen and oxygen atoms in total. The number of nitrogens with zero attached hydrogens (tertiary/aromatic N) is 1. The number of hydrogen-bond donors (Lipinski definition) is 1. The molecule has 0 aliphatic heterocycles. The van der Waals surface area contributed by atoms with Gasteiger partial charge in [-0.3, -0.25) is 4.98 Å². The lowest BCUT2D eigenvalue weighted by molar-refractivity contribution is 0.696. The summed E-state index contributed by atoms with van der Waals surface area (Å²) >= 11 is 3.66. The number of aromatic nitrogens is 1. The van der Waals surface area contributed by atoms with Gasteiger partial charge in [-0.15, -0.1) is 22.7 Å². The first-order valence-electron chi connectivity index (χ1n) is 5.84. The van der Waals surface area contributed by atoms with Gasteiger partial charge in [0.2, 0.25) is 0 Å². The number of aryl methyl sites for hydroxylation is 1. The highest BCUT2D eigenvalue weighted by Gasteiger charge is 2.17. The second kappa shape index (κ2) is 4.80. The van der Waals surface area contributed by atoms with E-state index < -0.39 is 0 Å². The third-order valence-corrected chi connectivity index (χ3v) is 5.28. The Morgan fingerprint density at radius 1 is 1.28 bits per heavy atom. The van der Waals surface area contributed by atoms with Crippen LogP contribution in [0.15, 0.2) is 36.0 Å². The molecule has 1 N–H and O–H groups in total. The van der Waals surface area contributed by atoms with Crippen molar-refractivity contribution in [1.82, 2.24) is 10.3 Å². The minimum Gasteiger partial charge on any atom is -0.309 e. The topological polar surface area (TPSA) is 24.9 Å². The van der Waals surface area contributed by atoms with Crippen LogP contribution >= 0.6 is 22.7 Å². The van der Waals surface area contributed by atoms with Crippen LogP contribution in [-0.2, 0) is 0 Å². The van der Waals surface area contributed by atoms with Crippen molar-refractivity contribution in [2.24, 2.45) is 0 Å². The van der Waals surface area contributed by atoms with E-state index in [1.165, 1.54) is 25.4 Å². The van der Waals surface area contributed by atoms with Crippen molar-refractivity contribution in [3.63, 3.8) is 0 Å². The third-order valence-electron chi connectivity index (χ3n) is 3.12. The fraction of sp³-hybridized carbons (Fsp3) is 0.214. The van der Waals surface area contributed by atoms with E-state index in [0.29, 0.717) is 0 Å². The van der Waals surface area contributed by atoms with Crippen LogP contribution in [0, 0.1) is 6.92 Å². The molecule has 0 aromatic carbocycles. The van der Waals surface area contributed by atoms with Gasteiger partial charge in [-0.2, -0.15) is 0 Å². The van der Waals surface area contributed by atoms with E-state index in [2.05, 4.69) is 40.8 Å². The maximum atomic E-state index is 4.25. The van der Waals surface area contributed by atoms with Gasteiger partial charge in [-0.05, 0) is 48.7 Å². The molecule has 3 heterocycles. The van der Waals surface area contributed by atoms with Crippen LogP contribution < -0.4 is 5.32 Å². The van der Waals surface area contributed by atoms with Crippen molar-refractivity contribution >= 4 is 32.1 Å². The lowest BCUT2D eigenvalue weighted by atomic mass is 10.0. The monoisotopic (exact) mass is 274 g/mol. The standard InChI is InChI=1S/C14H14N2S2/c1-9-3-5-16-8-10(9)14(15-2)13-7-12-11(18-13)4-6-17-12/h3-8,14-15H,1-2H3. The van der Waals surface area contributed by atoms with Crippen LogP contribution in [0.4, 0.5) is 0 Å². The van der Waals surface area contributed by atoms with E-state index in [4.69, 9.17) is 0 Å². The Bertz CT molecular complexity index is 641. The summed E-state index contributed by atoms with van der Waals surface area (Å²) in [6.45, 7) is 2.14. The third kappa shape index (κ3) is 1.96. The zero-order chi connectivity index (χ0) is 12.5. The predicted octanol–water partition coefficient (Wildman–Crippen LogP) is 3.98. The average Bonchev–Trinajstić information content (AvgIpc) is 2.93. The van der Waals surface area contributed by atoms with Crippen molar-refractivity contribution in [2.45, 2.75) is 13.0 Å². The summed E-state index contributed by atoms with van der Waals surface area (Å²) in [6, 6.07) is 6.79. The summed E-state index contributed by atoms with van der Waals surface area (Å²) < 4.78 is 2.74. The van der Waals surface area contributed by atoms with Crippen LogP contribution in [0.1, 0.15) is 22.0 Å². The summed E-state index contributed by atoms with van der Waals surface area (Å²) in [5, 5.41) is 5.55. The Labute approximate surface area is 114 Å². The van der Waals surface area contributed by atoms with Crippen LogP contribution in [0.2, 0.25) is 0 Å². The van der Waals surface area contributed by atoms with Crippen molar-refractivity contribution in [3.8, 4) is 0 Å². The minimum absolute atomic E-state index is 0.239. The van der Waals surface area contributed by atoms with Crippen LogP contribution in [0.5, 0.6) is 0 Å². The normalized spacial score (nSPS) is 13.0. The lowest BCUT2D eigenvalue weighted by Gasteiger charge is -2.16. The molecule has 0 aliphatic carbocycles. The largest absolute Gasteiger partial charge is 0.309 e. The zero-order valence-corrected chi connectivity index (χ0v) is 11.9. The molecule has 4 heteroatoms. The molecule has 0 aliphatic rings. The fourth-order valence-corrected chi connectivity index (χ4v) is 4.41. The van der Waals surface area contributed by atoms with Gasteiger partial charge in [-0.25, -0.2) is 0 Å². The second-order valence-electron chi connectivity index (χ2n) is 4.25. The number of fused-ring (bicyclic) bond motifs is 1. The molecule has 0 spiro atoms. The van der Waals surface area contributed by atoms with Gasteiger partial charge < -0.3 is 5.32 Å². The van der Waals surface area contributed by atoms with Crippen molar-refractivity contribution in [2.75, 3.05) is 7.05 Å². The fourth-order valence-electron chi connectivity index (χ4n) is 2.16. The van der Waals surface area contributed by atoms with Crippen molar-refractivity contribution in [3.05, 3.63) is 52.0 Å². The van der Waals surface area contributed by atoms with E-state index >= 15 is 0 Å². The molecule has 3 aromatic heterocycles. The highest BCUT2D eigenvalue weighted by Crippen LogP contribution is 2.36. The number of nitrogens with one attached hydrogen (secondary N) is 1. The number of thiophene rings is 2. The zero-order valence-electron chi connectivity index (χ0n) is 10.3. The molecule has 0 fully saturated rings. The van der Waals surface area contributed by atoms with Gasteiger partial charge in [0.15, 0.2) is 0 Å². The maximum Gasteiger partial charge on any atom is 0.0687 e. The Hall–Kier alpha value is -1.23. The summed E-state index contributed by atoms with van der Waals surface area (Å²) in [4.78, 5) is 5.61. The van der Waals surface area contributed by atoms with Gasteiger partial charge in [0.05, 0.1) is 6.04 Å². The van der Waals surface area contributed by atoms with E-state index in [9.17, 15) is 0 Å². The second-order valence-corrected chi connectivity index (χ2v) is 6.31. The van der Waals surface area contributed by atoms with Crippen LogP contribution in [0.25, 0.3) is 9.40 Å². The van der Waals surface area contributed by atoms with Gasteiger partial charge in [0.1, 0.15) is 0 Å². The Kier molecular flexibility index (Phi) is 3.16. The summed E-state index contributed by atoms with van der Waals surface area (Å²) in [5.41, 5.74) is 2.54.